The van der Waals surface area contributed by atoms with Gasteiger partial charge in [-0.25, -0.2) is 4.39 Å². The highest BCUT2D eigenvalue weighted by Crippen LogP contribution is 2.33. The molecule has 1 saturated carbocycles. The highest BCUT2D eigenvalue weighted by molar-refractivity contribution is 5.81. The van der Waals surface area contributed by atoms with Crippen molar-refractivity contribution in [3.8, 4) is 0 Å². The Labute approximate surface area is 138 Å². The van der Waals surface area contributed by atoms with Crippen LogP contribution < -0.4 is 5.32 Å². The van der Waals surface area contributed by atoms with Crippen LogP contribution in [0.15, 0.2) is 24.3 Å². The summed E-state index contributed by atoms with van der Waals surface area (Å²) >= 11 is 0. The molecule has 1 N–H and O–H groups in total. The number of amides is 1. The summed E-state index contributed by atoms with van der Waals surface area (Å²) in [5.74, 6) is 0.957. The predicted molar refractivity (Wildman–Crippen MR) is 89.4 cm³/mol. The van der Waals surface area contributed by atoms with Crippen molar-refractivity contribution in [2.24, 2.45) is 11.8 Å². The maximum Gasteiger partial charge on any atom is 0.225 e. The minimum absolute atomic E-state index is 0.121. The van der Waals surface area contributed by atoms with Crippen LogP contribution in [0.4, 0.5) is 4.39 Å². The van der Waals surface area contributed by atoms with Crippen LogP contribution in [-0.2, 0) is 4.79 Å². The molecule has 1 saturated heterocycles. The van der Waals surface area contributed by atoms with Crippen molar-refractivity contribution >= 4 is 5.91 Å². The first-order valence-corrected chi connectivity index (χ1v) is 8.88. The number of piperidine rings is 1. The van der Waals surface area contributed by atoms with Gasteiger partial charge in [0.2, 0.25) is 5.91 Å². The second kappa shape index (κ2) is 7.00. The topological polar surface area (TPSA) is 32.3 Å². The van der Waals surface area contributed by atoms with Gasteiger partial charge in [0.1, 0.15) is 5.82 Å². The lowest BCUT2D eigenvalue weighted by atomic mass is 9.88. The molecule has 3 rings (SSSR count). The number of rotatable bonds is 5. The van der Waals surface area contributed by atoms with E-state index in [1.165, 1.54) is 6.07 Å². The van der Waals surface area contributed by atoms with Gasteiger partial charge < -0.3 is 10.2 Å². The fourth-order valence-electron chi connectivity index (χ4n) is 3.65. The maximum absolute atomic E-state index is 13.4. The molecule has 1 aliphatic heterocycles. The molecule has 3 nitrogen and oxygen atoms in total. The largest absolute Gasteiger partial charge is 0.342 e. The highest BCUT2D eigenvalue weighted by atomic mass is 19.1. The highest BCUT2D eigenvalue weighted by Gasteiger charge is 2.37. The molecule has 0 spiro atoms. The molecule has 1 amide bonds. The van der Waals surface area contributed by atoms with Crippen LogP contribution in [0.25, 0.3) is 0 Å². The Morgan fingerprint density at radius 1 is 1.39 bits per heavy atom. The number of likely N-dealkylation sites (tertiary alicyclic amines) is 1. The molecular formula is C19H27FN2O. The zero-order valence-corrected chi connectivity index (χ0v) is 14.1. The van der Waals surface area contributed by atoms with Crippen LogP contribution in [0.5, 0.6) is 0 Å². The number of benzene rings is 1. The maximum atomic E-state index is 13.4. The molecule has 126 valence electrons. The lowest BCUT2D eigenvalue weighted by Crippen LogP contribution is -2.51. The zero-order valence-electron chi connectivity index (χ0n) is 14.1. The number of nitrogens with one attached hydrogen (secondary N) is 1. The van der Waals surface area contributed by atoms with E-state index in [0.717, 1.165) is 44.3 Å². The fourth-order valence-corrected chi connectivity index (χ4v) is 3.65. The van der Waals surface area contributed by atoms with Crippen LogP contribution in [0.3, 0.4) is 0 Å². The minimum atomic E-state index is -0.187. The Bertz CT molecular complexity index is 558. The molecule has 2 fully saturated rings. The second-order valence-electron chi connectivity index (χ2n) is 7.07. The van der Waals surface area contributed by atoms with Crippen LogP contribution in [-0.4, -0.2) is 29.9 Å². The van der Waals surface area contributed by atoms with Crippen LogP contribution in [0.1, 0.15) is 51.1 Å². The first-order chi connectivity index (χ1) is 11.1. The Kier molecular flexibility index (Phi) is 5.00. The summed E-state index contributed by atoms with van der Waals surface area (Å²) in [5.41, 5.74) is 0.983. The van der Waals surface area contributed by atoms with Crippen molar-refractivity contribution in [2.75, 3.05) is 13.1 Å². The smallest absolute Gasteiger partial charge is 0.225 e. The first-order valence-electron chi connectivity index (χ1n) is 8.88. The van der Waals surface area contributed by atoms with E-state index < -0.39 is 0 Å². The molecule has 0 radical (unpaired) electrons. The summed E-state index contributed by atoms with van der Waals surface area (Å²) in [4.78, 5) is 14.3. The van der Waals surface area contributed by atoms with Gasteiger partial charge in [0.15, 0.2) is 0 Å². The predicted octanol–water partition coefficient (Wildman–Crippen LogP) is 3.51. The summed E-state index contributed by atoms with van der Waals surface area (Å²) in [7, 11) is 0. The molecule has 4 heteroatoms. The molecule has 0 aromatic heterocycles. The van der Waals surface area contributed by atoms with Crippen LogP contribution >= 0.6 is 0 Å². The van der Waals surface area contributed by atoms with Crippen LogP contribution in [0.2, 0.25) is 0 Å². The van der Waals surface area contributed by atoms with E-state index in [1.807, 2.05) is 6.07 Å². The average molecular weight is 318 g/mol. The van der Waals surface area contributed by atoms with E-state index in [4.69, 9.17) is 0 Å². The third-order valence-electron chi connectivity index (χ3n) is 5.31. The van der Waals surface area contributed by atoms with Gasteiger partial charge in [0, 0.05) is 31.1 Å². The summed E-state index contributed by atoms with van der Waals surface area (Å²) in [6.45, 7) is 5.99. The van der Waals surface area contributed by atoms with E-state index >= 15 is 0 Å². The van der Waals surface area contributed by atoms with Crippen molar-refractivity contribution < 1.29 is 9.18 Å². The molecule has 1 heterocycles. The number of carbonyl (C=O) groups excluding carboxylic acids is 1. The molecule has 0 bridgehead atoms. The zero-order chi connectivity index (χ0) is 16.4. The molecule has 1 aliphatic carbocycles. The number of hydrogen-bond donors (Lipinski definition) is 1. The Morgan fingerprint density at radius 3 is 2.83 bits per heavy atom. The first kappa shape index (κ1) is 16.4. The van der Waals surface area contributed by atoms with E-state index in [2.05, 4.69) is 24.1 Å². The summed E-state index contributed by atoms with van der Waals surface area (Å²) < 4.78 is 13.4. The van der Waals surface area contributed by atoms with E-state index in [-0.39, 0.29) is 11.9 Å². The molecule has 23 heavy (non-hydrogen) atoms. The van der Waals surface area contributed by atoms with Crippen molar-refractivity contribution in [2.45, 2.75) is 51.6 Å². The Morgan fingerprint density at radius 2 is 2.17 bits per heavy atom. The summed E-state index contributed by atoms with van der Waals surface area (Å²) in [5, 5.41) is 3.66. The second-order valence-corrected chi connectivity index (χ2v) is 7.07. The van der Waals surface area contributed by atoms with Gasteiger partial charge in [-0.15, -0.1) is 0 Å². The fraction of sp³-hybridized carbons (Fsp3) is 0.632. The minimum Gasteiger partial charge on any atom is -0.342 e. The summed E-state index contributed by atoms with van der Waals surface area (Å²) in [6, 6.07) is 7.32. The van der Waals surface area contributed by atoms with Gasteiger partial charge in [-0.3, -0.25) is 4.79 Å². The van der Waals surface area contributed by atoms with Crippen molar-refractivity contribution in [3.63, 3.8) is 0 Å². The van der Waals surface area contributed by atoms with Gasteiger partial charge in [0.05, 0.1) is 0 Å². The lowest BCUT2D eigenvalue weighted by molar-refractivity contribution is -0.134. The number of nitrogens with zero attached hydrogens (tertiary/aromatic N) is 1. The normalized spacial score (nSPS) is 26.1. The molecule has 2 aliphatic rings. The van der Waals surface area contributed by atoms with Crippen molar-refractivity contribution in [3.05, 3.63) is 35.6 Å². The van der Waals surface area contributed by atoms with Gasteiger partial charge in [0.25, 0.3) is 0 Å². The third kappa shape index (κ3) is 3.92. The molecule has 1 aromatic carbocycles. The van der Waals surface area contributed by atoms with Gasteiger partial charge in [-0.1, -0.05) is 25.5 Å². The Balaban J connectivity index is 1.60. The third-order valence-corrected chi connectivity index (χ3v) is 5.31. The molecular weight excluding hydrogens is 291 g/mol. The van der Waals surface area contributed by atoms with Crippen LogP contribution in [0, 0.1) is 17.7 Å². The summed E-state index contributed by atoms with van der Waals surface area (Å²) in [6.07, 6.45) is 4.19. The van der Waals surface area contributed by atoms with Crippen molar-refractivity contribution in [1.82, 2.24) is 10.2 Å². The SMILES string of the molecule is CC[C@@H]1CN(C(=O)C2CC2)CC[C@H]1N[C@@H](C)c1cccc(F)c1. The van der Waals surface area contributed by atoms with E-state index in [9.17, 15) is 9.18 Å². The van der Waals surface area contributed by atoms with E-state index in [1.54, 1.807) is 12.1 Å². The quantitative estimate of drug-likeness (QED) is 0.901. The van der Waals surface area contributed by atoms with Gasteiger partial charge in [-0.05, 0) is 49.8 Å². The molecule has 3 atom stereocenters. The standard InChI is InChI=1S/C19H27FN2O/c1-3-14-12-22(19(23)15-7-8-15)10-9-18(14)21-13(2)16-5-4-6-17(20)11-16/h4-6,11,13-15,18,21H,3,7-10,12H2,1-2H3/t13-,14+,18+/m0/s1. The van der Waals surface area contributed by atoms with Crippen molar-refractivity contribution in [1.29, 1.82) is 0 Å². The van der Waals surface area contributed by atoms with Gasteiger partial charge in [-0.2, -0.15) is 0 Å². The number of carbonyl (C=O) groups is 1. The average Bonchev–Trinajstić information content (AvgIpc) is 3.39. The lowest BCUT2D eigenvalue weighted by Gasteiger charge is -2.40. The molecule has 1 aromatic rings. The number of halogens is 1. The number of hydrogen-bond acceptors (Lipinski definition) is 2. The van der Waals surface area contributed by atoms with E-state index in [0.29, 0.717) is 23.8 Å². The Hall–Kier alpha value is -1.42. The monoisotopic (exact) mass is 318 g/mol. The molecule has 0 unspecified atom stereocenters. The van der Waals surface area contributed by atoms with Gasteiger partial charge >= 0.3 is 0 Å².